The van der Waals surface area contributed by atoms with Crippen LogP contribution in [0.3, 0.4) is 0 Å². The maximum Gasteiger partial charge on any atom is 0.410 e. The van der Waals surface area contributed by atoms with Gasteiger partial charge in [-0.15, -0.1) is 0 Å². The van der Waals surface area contributed by atoms with Gasteiger partial charge in [-0.3, -0.25) is 14.4 Å². The van der Waals surface area contributed by atoms with Crippen LogP contribution in [0.15, 0.2) is 30.3 Å². The molecule has 0 N–H and O–H groups in total. The zero-order valence-electron chi connectivity index (χ0n) is 17.4. The van der Waals surface area contributed by atoms with Crippen LogP contribution in [0.2, 0.25) is 0 Å². The molecule has 1 heterocycles. The van der Waals surface area contributed by atoms with Crippen molar-refractivity contribution in [3.8, 4) is 0 Å². The normalized spacial score (nSPS) is 14.0. The molecule has 2 amide bonds. The lowest BCUT2D eigenvalue weighted by atomic mass is 10.0. The number of rotatable bonds is 8. The second kappa shape index (κ2) is 11.8. The molecule has 9 nitrogen and oxygen atoms in total. The number of carbonyl (C=O) groups excluding carboxylic acids is 4. The van der Waals surface area contributed by atoms with Crippen molar-refractivity contribution in [1.82, 2.24) is 9.80 Å². The third kappa shape index (κ3) is 7.06. The Morgan fingerprint density at radius 2 is 1.63 bits per heavy atom. The van der Waals surface area contributed by atoms with Crippen molar-refractivity contribution < 1.29 is 33.4 Å². The van der Waals surface area contributed by atoms with Crippen LogP contribution in [0.5, 0.6) is 0 Å². The van der Waals surface area contributed by atoms with E-state index in [-0.39, 0.29) is 25.6 Å². The largest absolute Gasteiger partial charge is 0.469 e. The number of benzene rings is 1. The van der Waals surface area contributed by atoms with Crippen LogP contribution in [-0.4, -0.2) is 73.6 Å². The molecule has 0 unspecified atom stereocenters. The van der Waals surface area contributed by atoms with E-state index < -0.39 is 30.4 Å². The minimum Gasteiger partial charge on any atom is -0.469 e. The van der Waals surface area contributed by atoms with E-state index in [2.05, 4.69) is 9.47 Å². The van der Waals surface area contributed by atoms with Gasteiger partial charge in [-0.2, -0.15) is 0 Å². The van der Waals surface area contributed by atoms with Gasteiger partial charge in [0.05, 0.1) is 20.6 Å². The smallest absolute Gasteiger partial charge is 0.410 e. The third-order valence-corrected chi connectivity index (χ3v) is 5.00. The van der Waals surface area contributed by atoms with E-state index >= 15 is 0 Å². The van der Waals surface area contributed by atoms with Gasteiger partial charge in [-0.05, 0) is 18.4 Å². The fraction of sp³-hybridized carbons (Fsp3) is 0.524. The Hall–Kier alpha value is -3.10. The van der Waals surface area contributed by atoms with Gasteiger partial charge in [0.25, 0.3) is 0 Å². The second-order valence-electron chi connectivity index (χ2n) is 6.92. The lowest BCUT2D eigenvalue weighted by molar-refractivity contribution is -0.148. The minimum atomic E-state index is -0.634. The SMILES string of the molecule is COC(=O)CCN(C(=O)CC(=O)OC)C1CCN(C(=O)OCc2ccccc2)CC1. The van der Waals surface area contributed by atoms with Crippen molar-refractivity contribution in [2.45, 2.75) is 38.3 Å². The summed E-state index contributed by atoms with van der Waals surface area (Å²) in [4.78, 5) is 51.0. The number of likely N-dealkylation sites (tertiary alicyclic amines) is 1. The molecule has 30 heavy (non-hydrogen) atoms. The Bertz CT molecular complexity index is 730. The van der Waals surface area contributed by atoms with Gasteiger partial charge in [0, 0.05) is 25.7 Å². The summed E-state index contributed by atoms with van der Waals surface area (Å²) in [7, 11) is 2.50. The summed E-state index contributed by atoms with van der Waals surface area (Å²) < 4.78 is 14.6. The van der Waals surface area contributed by atoms with Crippen LogP contribution in [0.4, 0.5) is 4.79 Å². The fourth-order valence-electron chi connectivity index (χ4n) is 3.29. The standard InChI is InChI=1S/C21H28N2O7/c1-28-19(25)10-13-23(18(24)14-20(26)29-2)17-8-11-22(12-9-17)21(27)30-15-16-6-4-3-5-7-16/h3-7,17H,8-15H2,1-2H3. The topological polar surface area (TPSA) is 102 Å². The Morgan fingerprint density at radius 3 is 2.23 bits per heavy atom. The molecule has 0 radical (unpaired) electrons. The van der Waals surface area contributed by atoms with Crippen molar-refractivity contribution in [3.63, 3.8) is 0 Å². The van der Waals surface area contributed by atoms with E-state index in [4.69, 9.17) is 4.74 Å². The van der Waals surface area contributed by atoms with Crippen LogP contribution in [0, 0.1) is 0 Å². The first-order valence-corrected chi connectivity index (χ1v) is 9.83. The molecule has 1 aromatic rings. The summed E-state index contributed by atoms with van der Waals surface area (Å²) in [5.74, 6) is -1.48. The number of ether oxygens (including phenoxy) is 3. The number of piperidine rings is 1. The molecule has 1 aliphatic heterocycles. The molecule has 0 aliphatic carbocycles. The number of methoxy groups -OCH3 is 2. The summed E-state index contributed by atoms with van der Waals surface area (Å²) in [6, 6.07) is 9.22. The van der Waals surface area contributed by atoms with Crippen LogP contribution < -0.4 is 0 Å². The van der Waals surface area contributed by atoms with Crippen molar-refractivity contribution in [2.75, 3.05) is 33.9 Å². The Balaban J connectivity index is 1.89. The highest BCUT2D eigenvalue weighted by molar-refractivity contribution is 5.94. The van der Waals surface area contributed by atoms with Gasteiger partial charge in [0.1, 0.15) is 13.0 Å². The van der Waals surface area contributed by atoms with E-state index in [1.54, 1.807) is 4.90 Å². The molecule has 1 aromatic carbocycles. The molecule has 2 rings (SSSR count). The highest BCUT2D eigenvalue weighted by Gasteiger charge is 2.31. The lowest BCUT2D eigenvalue weighted by Crippen LogP contribution is -2.49. The van der Waals surface area contributed by atoms with Gasteiger partial charge < -0.3 is 24.0 Å². The van der Waals surface area contributed by atoms with Crippen molar-refractivity contribution >= 4 is 23.9 Å². The van der Waals surface area contributed by atoms with Gasteiger partial charge in [-0.25, -0.2) is 4.79 Å². The molecular formula is C21H28N2O7. The molecule has 1 aliphatic rings. The maximum atomic E-state index is 12.6. The molecule has 0 bridgehead atoms. The first kappa shape index (κ1) is 23.2. The summed E-state index contributed by atoms with van der Waals surface area (Å²) in [6.07, 6.45) is 0.280. The predicted molar refractivity (Wildman–Crippen MR) is 106 cm³/mol. The molecule has 0 atom stereocenters. The number of carbonyl (C=O) groups is 4. The van der Waals surface area contributed by atoms with Crippen LogP contribution in [0.1, 0.15) is 31.2 Å². The number of hydrogen-bond donors (Lipinski definition) is 0. The number of amides is 2. The average Bonchev–Trinajstić information content (AvgIpc) is 2.78. The van der Waals surface area contributed by atoms with Gasteiger partial charge in [0.2, 0.25) is 5.91 Å². The minimum absolute atomic E-state index is 0.0305. The molecule has 0 aromatic heterocycles. The molecule has 0 spiro atoms. The molecular weight excluding hydrogens is 392 g/mol. The van der Waals surface area contributed by atoms with E-state index in [1.807, 2.05) is 30.3 Å². The molecule has 9 heteroatoms. The van der Waals surface area contributed by atoms with Gasteiger partial charge in [0.15, 0.2) is 0 Å². The number of esters is 2. The first-order chi connectivity index (χ1) is 14.4. The summed E-state index contributed by atoms with van der Waals surface area (Å²) in [5.41, 5.74) is 0.906. The third-order valence-electron chi connectivity index (χ3n) is 5.00. The van der Waals surface area contributed by atoms with Crippen molar-refractivity contribution in [2.24, 2.45) is 0 Å². The number of nitrogens with zero attached hydrogens (tertiary/aromatic N) is 2. The highest BCUT2D eigenvalue weighted by Crippen LogP contribution is 2.19. The quantitative estimate of drug-likeness (QED) is 0.359. The summed E-state index contributed by atoms with van der Waals surface area (Å²) >= 11 is 0. The van der Waals surface area contributed by atoms with E-state index in [9.17, 15) is 19.2 Å². The summed E-state index contributed by atoms with van der Waals surface area (Å²) in [6.45, 7) is 1.17. The highest BCUT2D eigenvalue weighted by atomic mass is 16.6. The predicted octanol–water partition coefficient (Wildman–Crippen LogP) is 1.74. The Kier molecular flexibility index (Phi) is 9.11. The summed E-state index contributed by atoms with van der Waals surface area (Å²) in [5, 5.41) is 0. The van der Waals surface area contributed by atoms with Crippen LogP contribution >= 0.6 is 0 Å². The molecule has 1 fully saturated rings. The van der Waals surface area contributed by atoms with Crippen molar-refractivity contribution in [1.29, 1.82) is 0 Å². The molecule has 164 valence electrons. The average molecular weight is 420 g/mol. The first-order valence-electron chi connectivity index (χ1n) is 9.83. The zero-order valence-corrected chi connectivity index (χ0v) is 17.4. The van der Waals surface area contributed by atoms with Crippen molar-refractivity contribution in [3.05, 3.63) is 35.9 Å². The van der Waals surface area contributed by atoms with Crippen LogP contribution in [0.25, 0.3) is 0 Å². The molecule has 0 saturated carbocycles. The van der Waals surface area contributed by atoms with E-state index in [1.165, 1.54) is 19.1 Å². The zero-order chi connectivity index (χ0) is 21.9. The van der Waals surface area contributed by atoms with Gasteiger partial charge >= 0.3 is 18.0 Å². The van der Waals surface area contributed by atoms with Gasteiger partial charge in [-0.1, -0.05) is 30.3 Å². The Labute approximate surface area is 175 Å². The lowest BCUT2D eigenvalue weighted by Gasteiger charge is -2.38. The maximum absolute atomic E-state index is 12.6. The van der Waals surface area contributed by atoms with E-state index in [0.29, 0.717) is 25.9 Å². The van der Waals surface area contributed by atoms with Crippen LogP contribution in [-0.2, 0) is 35.2 Å². The number of hydrogen-bond acceptors (Lipinski definition) is 7. The monoisotopic (exact) mass is 420 g/mol. The Morgan fingerprint density at radius 1 is 1.00 bits per heavy atom. The second-order valence-corrected chi connectivity index (χ2v) is 6.92. The molecule has 1 saturated heterocycles. The fourth-order valence-corrected chi connectivity index (χ4v) is 3.29. The van der Waals surface area contributed by atoms with E-state index in [0.717, 1.165) is 5.56 Å².